The number of anilines is 1. The third-order valence-corrected chi connectivity index (χ3v) is 6.19. The maximum Gasteiger partial charge on any atom is 0.168 e. The van der Waals surface area contributed by atoms with Crippen molar-refractivity contribution >= 4 is 23.2 Å². The van der Waals surface area contributed by atoms with E-state index in [9.17, 15) is 10.2 Å². The molecule has 2 unspecified atom stereocenters. The quantitative estimate of drug-likeness (QED) is 0.174. The molecular weight excluding hydrogens is 478 g/mol. The van der Waals surface area contributed by atoms with E-state index in [2.05, 4.69) is 25.0 Å². The average molecular weight is 514 g/mol. The van der Waals surface area contributed by atoms with Crippen molar-refractivity contribution in [3.8, 4) is 11.4 Å². The normalized spacial score (nSPS) is 22.0. The van der Waals surface area contributed by atoms with Gasteiger partial charge in [0.05, 0.1) is 12.8 Å². The SMILES string of the molecule is CCOCC=NOCCCCN(C)C[C@H]1O[C@@H](n2c(-c3ccccc3)nc3c(N)ncnc32)C(O)C1O. The number of benzene rings is 1. The lowest BCUT2D eigenvalue weighted by molar-refractivity contribution is -0.0414. The molecule has 0 radical (unpaired) electrons. The Bertz CT molecular complexity index is 1160. The Kier molecular flexibility index (Phi) is 9.36. The van der Waals surface area contributed by atoms with Crippen LogP contribution >= 0.6 is 0 Å². The maximum absolute atomic E-state index is 11.0. The molecule has 37 heavy (non-hydrogen) atoms. The summed E-state index contributed by atoms with van der Waals surface area (Å²) in [6, 6.07) is 9.50. The van der Waals surface area contributed by atoms with Gasteiger partial charge in [0, 0.05) is 18.7 Å². The zero-order valence-electron chi connectivity index (χ0n) is 21.2. The van der Waals surface area contributed by atoms with Crippen LogP contribution in [0.4, 0.5) is 5.82 Å². The number of likely N-dealkylation sites (N-methyl/N-ethyl adjacent to an activating group) is 1. The van der Waals surface area contributed by atoms with Crippen LogP contribution in [0.5, 0.6) is 0 Å². The van der Waals surface area contributed by atoms with Gasteiger partial charge in [-0.3, -0.25) is 4.57 Å². The molecule has 12 nitrogen and oxygen atoms in total. The number of fused-ring (bicyclic) bond motifs is 1. The molecule has 200 valence electrons. The fourth-order valence-corrected chi connectivity index (χ4v) is 4.30. The summed E-state index contributed by atoms with van der Waals surface area (Å²) < 4.78 is 13.1. The second-order valence-electron chi connectivity index (χ2n) is 8.90. The van der Waals surface area contributed by atoms with Crippen LogP contribution in [-0.2, 0) is 14.3 Å². The van der Waals surface area contributed by atoms with Crippen molar-refractivity contribution in [2.24, 2.45) is 5.16 Å². The number of ether oxygens (including phenoxy) is 2. The number of oxime groups is 1. The van der Waals surface area contributed by atoms with Crippen LogP contribution in [0.1, 0.15) is 26.0 Å². The lowest BCUT2D eigenvalue weighted by Crippen LogP contribution is -2.38. The van der Waals surface area contributed by atoms with Crippen LogP contribution in [0.3, 0.4) is 0 Å². The van der Waals surface area contributed by atoms with E-state index in [1.807, 2.05) is 44.3 Å². The fourth-order valence-electron chi connectivity index (χ4n) is 4.30. The third kappa shape index (κ3) is 6.40. The molecule has 2 aromatic heterocycles. The van der Waals surface area contributed by atoms with Gasteiger partial charge in [-0.15, -0.1) is 0 Å². The Hall–Kier alpha value is -3.16. The highest BCUT2D eigenvalue weighted by atomic mass is 16.6. The van der Waals surface area contributed by atoms with Crippen LogP contribution in [0.2, 0.25) is 0 Å². The van der Waals surface area contributed by atoms with E-state index in [0.29, 0.717) is 43.4 Å². The smallest absolute Gasteiger partial charge is 0.168 e. The van der Waals surface area contributed by atoms with Crippen molar-refractivity contribution in [2.45, 2.75) is 44.3 Å². The van der Waals surface area contributed by atoms with E-state index in [-0.39, 0.29) is 5.82 Å². The molecule has 1 fully saturated rings. The second-order valence-corrected chi connectivity index (χ2v) is 8.90. The number of aliphatic hydroxyl groups is 2. The minimum absolute atomic E-state index is 0.231. The van der Waals surface area contributed by atoms with Gasteiger partial charge in [-0.25, -0.2) is 15.0 Å². The molecule has 1 saturated heterocycles. The second kappa shape index (κ2) is 12.9. The number of unbranched alkanes of at least 4 members (excludes halogenated alkanes) is 1. The van der Waals surface area contributed by atoms with Crippen molar-refractivity contribution in [3.05, 3.63) is 36.7 Å². The molecular formula is C25H35N7O5. The van der Waals surface area contributed by atoms with Crippen molar-refractivity contribution in [3.63, 3.8) is 0 Å². The van der Waals surface area contributed by atoms with Crippen LogP contribution in [-0.4, -0.2) is 99.1 Å². The first-order valence-electron chi connectivity index (χ1n) is 12.5. The molecule has 1 aliphatic rings. The number of hydrogen-bond donors (Lipinski definition) is 3. The molecule has 4 rings (SSSR count). The molecule has 0 aliphatic carbocycles. The lowest BCUT2D eigenvalue weighted by Gasteiger charge is -2.23. The van der Waals surface area contributed by atoms with Crippen LogP contribution < -0.4 is 5.73 Å². The van der Waals surface area contributed by atoms with Crippen LogP contribution in [0.15, 0.2) is 41.8 Å². The molecule has 12 heteroatoms. The highest BCUT2D eigenvalue weighted by molar-refractivity contribution is 5.85. The largest absolute Gasteiger partial charge is 0.396 e. The number of hydrogen-bond acceptors (Lipinski definition) is 11. The van der Waals surface area contributed by atoms with E-state index in [1.165, 1.54) is 6.33 Å². The van der Waals surface area contributed by atoms with Gasteiger partial charge in [-0.1, -0.05) is 35.5 Å². The first kappa shape index (κ1) is 26.9. The molecule has 0 saturated carbocycles. The van der Waals surface area contributed by atoms with Crippen LogP contribution in [0.25, 0.3) is 22.6 Å². The number of nitrogen functional groups attached to an aromatic ring is 1. The lowest BCUT2D eigenvalue weighted by atomic mass is 10.1. The molecule has 0 amide bonds. The van der Waals surface area contributed by atoms with Crippen molar-refractivity contribution < 1.29 is 24.5 Å². The highest BCUT2D eigenvalue weighted by Gasteiger charge is 2.45. The third-order valence-electron chi connectivity index (χ3n) is 6.19. The molecule has 1 aliphatic heterocycles. The minimum atomic E-state index is -1.18. The van der Waals surface area contributed by atoms with Gasteiger partial charge in [0.2, 0.25) is 0 Å². The number of aliphatic hydroxyl groups excluding tert-OH is 2. The van der Waals surface area contributed by atoms with Gasteiger partial charge < -0.3 is 35.2 Å². The van der Waals surface area contributed by atoms with Crippen molar-refractivity contribution in [1.29, 1.82) is 0 Å². The van der Waals surface area contributed by atoms with E-state index >= 15 is 0 Å². The predicted molar refractivity (Wildman–Crippen MR) is 139 cm³/mol. The Morgan fingerprint density at radius 3 is 2.78 bits per heavy atom. The summed E-state index contributed by atoms with van der Waals surface area (Å²) in [4.78, 5) is 20.3. The van der Waals surface area contributed by atoms with Gasteiger partial charge in [-0.2, -0.15) is 0 Å². The predicted octanol–water partition coefficient (Wildman–Crippen LogP) is 1.45. The van der Waals surface area contributed by atoms with Gasteiger partial charge in [0.15, 0.2) is 23.2 Å². The zero-order valence-corrected chi connectivity index (χ0v) is 21.2. The maximum atomic E-state index is 11.0. The molecule has 3 aromatic rings. The molecule has 0 bridgehead atoms. The summed E-state index contributed by atoms with van der Waals surface area (Å²) in [5.74, 6) is 0.756. The molecule has 1 aromatic carbocycles. The Morgan fingerprint density at radius 1 is 1.19 bits per heavy atom. The molecule has 3 heterocycles. The summed E-state index contributed by atoms with van der Waals surface area (Å²) in [6.45, 7) is 4.73. The first-order valence-corrected chi connectivity index (χ1v) is 12.5. The molecule has 4 N–H and O–H groups in total. The topological polar surface area (TPSA) is 153 Å². The summed E-state index contributed by atoms with van der Waals surface area (Å²) in [5.41, 5.74) is 7.71. The monoisotopic (exact) mass is 513 g/mol. The number of aromatic nitrogens is 4. The van der Waals surface area contributed by atoms with Crippen molar-refractivity contribution in [1.82, 2.24) is 24.4 Å². The number of rotatable bonds is 13. The number of nitrogens with zero attached hydrogens (tertiary/aromatic N) is 6. The molecule has 0 spiro atoms. The van der Waals surface area contributed by atoms with E-state index in [1.54, 1.807) is 10.8 Å². The number of imidazole rings is 1. The minimum Gasteiger partial charge on any atom is -0.396 e. The summed E-state index contributed by atoms with van der Waals surface area (Å²) in [7, 11) is 1.95. The summed E-state index contributed by atoms with van der Waals surface area (Å²) >= 11 is 0. The Morgan fingerprint density at radius 2 is 2.00 bits per heavy atom. The van der Waals surface area contributed by atoms with E-state index in [4.69, 9.17) is 20.0 Å². The highest BCUT2D eigenvalue weighted by Crippen LogP contribution is 2.36. The van der Waals surface area contributed by atoms with Gasteiger partial charge >= 0.3 is 0 Å². The average Bonchev–Trinajstić information content (AvgIpc) is 3.42. The van der Waals surface area contributed by atoms with E-state index in [0.717, 1.165) is 24.9 Å². The Balaban J connectivity index is 1.40. The van der Waals surface area contributed by atoms with Crippen molar-refractivity contribution in [2.75, 3.05) is 45.7 Å². The zero-order chi connectivity index (χ0) is 26.2. The van der Waals surface area contributed by atoms with Crippen LogP contribution in [0, 0.1) is 0 Å². The fraction of sp³-hybridized carbons (Fsp3) is 0.520. The van der Waals surface area contributed by atoms with Gasteiger partial charge in [0.1, 0.15) is 37.1 Å². The number of nitrogens with two attached hydrogens (primary N) is 1. The molecule has 4 atom stereocenters. The summed E-state index contributed by atoms with van der Waals surface area (Å²) in [5, 5.41) is 25.7. The Labute approximate surface area is 215 Å². The van der Waals surface area contributed by atoms with E-state index < -0.39 is 24.5 Å². The first-order chi connectivity index (χ1) is 18.0. The van der Waals surface area contributed by atoms with Gasteiger partial charge in [-0.05, 0) is 33.4 Å². The van der Waals surface area contributed by atoms with Gasteiger partial charge in [0.25, 0.3) is 0 Å². The standard InChI is InChI=1S/C25H35N7O5/c1-3-35-14-11-29-36-13-8-7-12-31(2)15-18-20(33)21(34)25(37-18)32-23(17-9-5-4-6-10-17)30-19-22(26)27-16-28-24(19)32/h4-6,9-11,16,18,20-21,25,33-34H,3,7-8,12-15H2,1-2H3,(H2,26,27,28)/t18-,20?,21?,25-/m1/s1. The summed E-state index contributed by atoms with van der Waals surface area (Å²) in [6.07, 6.45) is 0.888.